The normalized spacial score (nSPS) is 24.3. The summed E-state index contributed by atoms with van der Waals surface area (Å²) in [6.45, 7) is 6.77. The molecule has 4 rings (SSSR count). The largest absolute Gasteiger partial charge is 0.477 e. The lowest BCUT2D eigenvalue weighted by Crippen LogP contribution is -2.63. The molecule has 9 nitrogen and oxygen atoms in total. The fraction of sp³-hybridized carbons (Fsp3) is 0.524. The molecular weight excluding hydrogens is 450 g/mol. The van der Waals surface area contributed by atoms with E-state index >= 15 is 0 Å². The Bertz CT molecular complexity index is 1140. The van der Waals surface area contributed by atoms with E-state index in [1.807, 2.05) is 30.1 Å². The standard InChI is InChI=1S/C21H27N5O4S2/c1-10-14(17(21(29)30)26-16(10)15(11(2)27)18(26)28)13-8-25-9-24(7-5-6-23-12(3)22)19(31-4)20(25)32-13/h8-11,15-16,27H,5-7H2,1-4H3,(H2-,22,23,29,30)/p+1/t10-,11+,15+,16+/m0/s1. The third kappa shape index (κ3) is 3.52. The molecule has 1 amide bonds. The Morgan fingerprint density at radius 3 is 2.78 bits per heavy atom. The first kappa shape index (κ1) is 22.8. The average Bonchev–Trinajstić information content (AvgIpc) is 3.32. The summed E-state index contributed by atoms with van der Waals surface area (Å²) >= 11 is 3.17. The number of aliphatic hydroxyl groups excluding tert-OH is 1. The number of hydrogen-bond donors (Lipinski definition) is 3. The van der Waals surface area contributed by atoms with Crippen LogP contribution in [0.25, 0.3) is 10.4 Å². The number of aliphatic carboxylic acids is 1. The van der Waals surface area contributed by atoms with Crippen LogP contribution >= 0.6 is 23.1 Å². The lowest BCUT2D eigenvalue weighted by atomic mass is 9.77. The Morgan fingerprint density at radius 1 is 1.47 bits per heavy atom. The van der Waals surface area contributed by atoms with Gasteiger partial charge in [-0.05, 0) is 20.1 Å². The summed E-state index contributed by atoms with van der Waals surface area (Å²) in [7, 11) is 0. The van der Waals surface area contributed by atoms with Crippen LogP contribution in [-0.2, 0) is 16.1 Å². The molecule has 0 unspecified atom stereocenters. The van der Waals surface area contributed by atoms with E-state index in [0.29, 0.717) is 18.0 Å². The smallest absolute Gasteiger partial charge is 0.352 e. The highest BCUT2D eigenvalue weighted by molar-refractivity contribution is 7.98. The van der Waals surface area contributed by atoms with Crippen molar-refractivity contribution in [1.29, 1.82) is 0 Å². The second-order valence-electron chi connectivity index (χ2n) is 8.32. The number of aromatic nitrogens is 2. The molecule has 4 N–H and O–H groups in total. The SMILES string of the molecule is CSc1c2sc(C3=C(C(=O)O)N4C(=O)[C@H]([C@@H](C)O)[C@H]4[C@H]3C)cn2c[n+]1CCCN=C(C)N. The number of carboxylic acid groups (broad SMARTS) is 1. The predicted molar refractivity (Wildman–Crippen MR) is 124 cm³/mol. The highest BCUT2D eigenvalue weighted by Gasteiger charge is 2.60. The molecule has 0 aliphatic carbocycles. The van der Waals surface area contributed by atoms with Crippen molar-refractivity contribution in [2.75, 3.05) is 12.8 Å². The average molecular weight is 479 g/mol. The number of aliphatic imine (C=N–C) groups is 1. The number of aryl methyl sites for hydroxylation is 1. The molecule has 0 spiro atoms. The molecule has 4 atom stereocenters. The third-order valence-corrected chi connectivity index (χ3v) is 8.24. The molecule has 2 aromatic rings. The number of amides is 1. The molecule has 172 valence electrons. The Morgan fingerprint density at radius 2 is 2.19 bits per heavy atom. The topological polar surface area (TPSA) is 125 Å². The maximum Gasteiger partial charge on any atom is 0.352 e. The summed E-state index contributed by atoms with van der Waals surface area (Å²) in [4.78, 5) is 32.2. The molecule has 1 saturated heterocycles. The van der Waals surface area contributed by atoms with Crippen LogP contribution in [0.15, 0.2) is 28.2 Å². The lowest BCUT2D eigenvalue weighted by Gasteiger charge is -2.46. The minimum absolute atomic E-state index is 0.0440. The number of β-lactam (4-membered cyclic amide) rings is 1. The zero-order valence-corrected chi connectivity index (χ0v) is 20.1. The van der Waals surface area contributed by atoms with Gasteiger partial charge < -0.3 is 20.8 Å². The van der Waals surface area contributed by atoms with E-state index in [1.165, 1.54) is 16.2 Å². The zero-order valence-electron chi connectivity index (χ0n) is 18.5. The fourth-order valence-corrected chi connectivity index (χ4v) is 7.02. The summed E-state index contributed by atoms with van der Waals surface area (Å²) in [5.41, 5.74) is 6.31. The van der Waals surface area contributed by atoms with Crippen LogP contribution in [0.4, 0.5) is 0 Å². The molecular formula is C21H28N5O4S2+. The van der Waals surface area contributed by atoms with E-state index < -0.39 is 18.0 Å². The summed E-state index contributed by atoms with van der Waals surface area (Å²) in [5.74, 6) is -1.58. The van der Waals surface area contributed by atoms with Crippen molar-refractivity contribution in [1.82, 2.24) is 9.30 Å². The highest BCUT2D eigenvalue weighted by atomic mass is 32.2. The van der Waals surface area contributed by atoms with Gasteiger partial charge in [0.05, 0.1) is 35.3 Å². The molecule has 32 heavy (non-hydrogen) atoms. The number of carboxylic acids is 1. The van der Waals surface area contributed by atoms with Crippen LogP contribution < -0.4 is 10.3 Å². The molecule has 0 saturated carbocycles. The van der Waals surface area contributed by atoms with Gasteiger partial charge in [0, 0.05) is 24.5 Å². The van der Waals surface area contributed by atoms with Gasteiger partial charge in [0.25, 0.3) is 6.33 Å². The van der Waals surface area contributed by atoms with Crippen molar-refractivity contribution in [2.24, 2.45) is 22.6 Å². The zero-order chi connectivity index (χ0) is 23.3. The molecule has 0 bridgehead atoms. The van der Waals surface area contributed by atoms with Crippen molar-refractivity contribution in [3.8, 4) is 0 Å². The number of amidine groups is 1. The number of aliphatic hydroxyl groups is 1. The lowest BCUT2D eigenvalue weighted by molar-refractivity contribution is -0.729. The van der Waals surface area contributed by atoms with E-state index in [1.54, 1.807) is 25.6 Å². The minimum Gasteiger partial charge on any atom is -0.477 e. The van der Waals surface area contributed by atoms with Gasteiger partial charge in [-0.15, -0.1) is 0 Å². The maximum atomic E-state index is 12.6. The van der Waals surface area contributed by atoms with Gasteiger partial charge in [0.1, 0.15) is 11.9 Å². The molecule has 2 aliphatic heterocycles. The molecule has 0 radical (unpaired) electrons. The second-order valence-corrected chi connectivity index (χ2v) is 10.1. The van der Waals surface area contributed by atoms with Gasteiger partial charge >= 0.3 is 5.97 Å². The van der Waals surface area contributed by atoms with Crippen molar-refractivity contribution in [2.45, 2.75) is 50.9 Å². The van der Waals surface area contributed by atoms with E-state index in [0.717, 1.165) is 27.7 Å². The van der Waals surface area contributed by atoms with Crippen LogP contribution in [-0.4, -0.2) is 62.2 Å². The monoisotopic (exact) mass is 478 g/mol. The Labute approximate surface area is 194 Å². The first-order valence-electron chi connectivity index (χ1n) is 10.5. The Hall–Kier alpha value is -2.37. The summed E-state index contributed by atoms with van der Waals surface area (Å²) in [6.07, 6.45) is 6.03. The van der Waals surface area contributed by atoms with Gasteiger partial charge in [-0.3, -0.25) is 9.79 Å². The number of nitrogens with zero attached hydrogens (tertiary/aromatic N) is 4. The van der Waals surface area contributed by atoms with E-state index in [2.05, 4.69) is 9.56 Å². The number of carbonyl (C=O) groups is 2. The molecule has 4 heterocycles. The number of fused-ring (bicyclic) bond motifs is 2. The number of rotatable bonds is 8. The number of thioether (sulfide) groups is 1. The van der Waals surface area contributed by atoms with Gasteiger partial charge in [0.15, 0.2) is 0 Å². The maximum absolute atomic E-state index is 12.6. The first-order valence-corrected chi connectivity index (χ1v) is 12.5. The van der Waals surface area contributed by atoms with Crippen LogP contribution in [0.5, 0.6) is 0 Å². The fourth-order valence-electron chi connectivity index (χ4n) is 4.81. The van der Waals surface area contributed by atoms with Crippen molar-refractivity contribution in [3.05, 3.63) is 23.1 Å². The minimum atomic E-state index is -1.11. The summed E-state index contributed by atoms with van der Waals surface area (Å²) in [6, 6.07) is -0.318. The quantitative estimate of drug-likeness (QED) is 0.132. The second kappa shape index (κ2) is 8.53. The van der Waals surface area contributed by atoms with E-state index in [4.69, 9.17) is 5.73 Å². The molecule has 11 heteroatoms. The van der Waals surface area contributed by atoms with Gasteiger partial charge in [0.2, 0.25) is 15.8 Å². The predicted octanol–water partition coefficient (Wildman–Crippen LogP) is 1.43. The van der Waals surface area contributed by atoms with Crippen LogP contribution in [0.1, 0.15) is 32.1 Å². The van der Waals surface area contributed by atoms with Gasteiger partial charge in [-0.25, -0.2) is 9.36 Å². The van der Waals surface area contributed by atoms with E-state index in [9.17, 15) is 19.8 Å². The number of imidazole rings is 1. The molecule has 2 aliphatic rings. The Balaban J connectivity index is 1.69. The summed E-state index contributed by atoms with van der Waals surface area (Å²) < 4.78 is 4.19. The number of thiazole rings is 1. The van der Waals surface area contributed by atoms with Crippen LogP contribution in [0.2, 0.25) is 0 Å². The third-order valence-electron chi connectivity index (χ3n) is 6.16. The molecule has 1 fully saturated rings. The first-order chi connectivity index (χ1) is 15.2. The number of nitrogens with two attached hydrogens (primary N) is 1. The summed E-state index contributed by atoms with van der Waals surface area (Å²) in [5, 5.41) is 21.1. The van der Waals surface area contributed by atoms with Crippen molar-refractivity contribution in [3.63, 3.8) is 0 Å². The van der Waals surface area contributed by atoms with Crippen LogP contribution in [0, 0.1) is 11.8 Å². The highest BCUT2D eigenvalue weighted by Crippen LogP contribution is 2.51. The molecule has 2 aromatic heterocycles. The van der Waals surface area contributed by atoms with Crippen molar-refractivity contribution >= 4 is 51.2 Å². The van der Waals surface area contributed by atoms with Gasteiger partial charge in [-0.1, -0.05) is 30.0 Å². The number of carbonyl (C=O) groups excluding carboxylic acids is 1. The van der Waals surface area contributed by atoms with E-state index in [-0.39, 0.29) is 23.6 Å². The Kier molecular flexibility index (Phi) is 6.08. The van der Waals surface area contributed by atoms with Crippen LogP contribution in [0.3, 0.4) is 0 Å². The number of hydrogen-bond acceptors (Lipinski definition) is 6. The molecule has 0 aromatic carbocycles. The van der Waals surface area contributed by atoms with Gasteiger partial charge in [-0.2, -0.15) is 4.40 Å². The van der Waals surface area contributed by atoms with Crippen molar-refractivity contribution < 1.29 is 24.4 Å².